The number of hydrogen-bond donors (Lipinski definition) is 1. The highest BCUT2D eigenvalue weighted by Crippen LogP contribution is 2.24. The lowest BCUT2D eigenvalue weighted by Gasteiger charge is -2.38. The van der Waals surface area contributed by atoms with Crippen LogP contribution in [-0.4, -0.2) is 85.2 Å². The van der Waals surface area contributed by atoms with Gasteiger partial charge < -0.3 is 24.2 Å². The molecule has 2 aliphatic heterocycles. The fourth-order valence-electron chi connectivity index (χ4n) is 3.95. The first-order valence-corrected chi connectivity index (χ1v) is 9.00. The van der Waals surface area contributed by atoms with Crippen LogP contribution in [0.1, 0.15) is 23.4 Å². The van der Waals surface area contributed by atoms with E-state index in [1.165, 1.54) is 12.7 Å². The van der Waals surface area contributed by atoms with Gasteiger partial charge in [0, 0.05) is 39.3 Å². The van der Waals surface area contributed by atoms with Crippen LogP contribution in [0.2, 0.25) is 0 Å². The topological polar surface area (TPSA) is 60.2 Å². The van der Waals surface area contributed by atoms with Gasteiger partial charge in [0.25, 0.3) is 5.91 Å². The SMILES string of the molecule is CN1CCCN(C[C@@H]2C[C@@H](CO)CN(C(=O)c3ccco3)C2)CC1. The predicted octanol–water partition coefficient (Wildman–Crippen LogP) is 0.988. The number of aliphatic hydroxyl groups is 1. The normalized spacial score (nSPS) is 27.2. The molecule has 1 aromatic heterocycles. The summed E-state index contributed by atoms with van der Waals surface area (Å²) in [6.07, 6.45) is 3.72. The molecule has 0 aromatic carbocycles. The van der Waals surface area contributed by atoms with Crippen molar-refractivity contribution in [3.05, 3.63) is 24.2 Å². The maximum Gasteiger partial charge on any atom is 0.289 e. The van der Waals surface area contributed by atoms with Gasteiger partial charge in [-0.1, -0.05) is 0 Å². The first-order valence-electron chi connectivity index (χ1n) is 9.00. The van der Waals surface area contributed by atoms with Crippen LogP contribution in [0.4, 0.5) is 0 Å². The van der Waals surface area contributed by atoms with Gasteiger partial charge in [-0.2, -0.15) is 0 Å². The number of aliphatic hydroxyl groups excluding tert-OH is 1. The third-order valence-electron chi connectivity index (χ3n) is 5.23. The molecular weight excluding hydrogens is 306 g/mol. The van der Waals surface area contributed by atoms with Gasteiger partial charge in [0.15, 0.2) is 5.76 Å². The van der Waals surface area contributed by atoms with Crippen molar-refractivity contribution < 1.29 is 14.3 Å². The minimum atomic E-state index is -0.0567. The Morgan fingerprint density at radius 2 is 2.08 bits per heavy atom. The van der Waals surface area contributed by atoms with Crippen LogP contribution in [0.15, 0.2) is 22.8 Å². The van der Waals surface area contributed by atoms with Gasteiger partial charge in [0.2, 0.25) is 0 Å². The molecule has 3 heterocycles. The second-order valence-corrected chi connectivity index (χ2v) is 7.30. The Bertz CT molecular complexity index is 520. The summed E-state index contributed by atoms with van der Waals surface area (Å²) in [5.41, 5.74) is 0. The molecule has 6 nitrogen and oxygen atoms in total. The Morgan fingerprint density at radius 1 is 1.25 bits per heavy atom. The maximum atomic E-state index is 12.6. The zero-order chi connectivity index (χ0) is 16.9. The number of nitrogens with zero attached hydrogens (tertiary/aromatic N) is 3. The monoisotopic (exact) mass is 335 g/mol. The summed E-state index contributed by atoms with van der Waals surface area (Å²) in [4.78, 5) is 19.3. The van der Waals surface area contributed by atoms with Gasteiger partial charge in [-0.3, -0.25) is 4.79 Å². The van der Waals surface area contributed by atoms with Gasteiger partial charge in [-0.15, -0.1) is 0 Å². The molecule has 24 heavy (non-hydrogen) atoms. The van der Waals surface area contributed by atoms with E-state index in [1.807, 2.05) is 4.90 Å². The quantitative estimate of drug-likeness (QED) is 0.889. The number of likely N-dealkylation sites (tertiary alicyclic amines) is 1. The molecule has 2 atom stereocenters. The largest absolute Gasteiger partial charge is 0.459 e. The van der Waals surface area contributed by atoms with Crippen molar-refractivity contribution in [2.45, 2.75) is 12.8 Å². The van der Waals surface area contributed by atoms with Gasteiger partial charge in [-0.25, -0.2) is 0 Å². The standard InChI is InChI=1S/C18H29N3O3/c1-19-5-3-6-20(8-7-19)11-15-10-16(14-22)13-21(12-15)18(23)17-4-2-9-24-17/h2,4,9,15-16,22H,3,5-8,10-14H2,1H3/t15-,16+/m0/s1. The van der Waals surface area contributed by atoms with Crippen LogP contribution < -0.4 is 0 Å². The van der Waals surface area contributed by atoms with Crippen LogP contribution in [-0.2, 0) is 0 Å². The second kappa shape index (κ2) is 8.14. The Balaban J connectivity index is 1.61. The zero-order valence-electron chi connectivity index (χ0n) is 14.6. The molecule has 2 aliphatic rings. The van der Waals surface area contributed by atoms with Gasteiger partial charge in [-0.05, 0) is 56.9 Å². The highest BCUT2D eigenvalue weighted by molar-refractivity contribution is 5.91. The second-order valence-electron chi connectivity index (χ2n) is 7.30. The highest BCUT2D eigenvalue weighted by Gasteiger charge is 2.32. The van der Waals surface area contributed by atoms with Gasteiger partial charge in [0.05, 0.1) is 6.26 Å². The molecule has 1 aromatic rings. The Hall–Kier alpha value is -1.37. The number of furan rings is 1. The van der Waals surface area contributed by atoms with Gasteiger partial charge >= 0.3 is 0 Å². The van der Waals surface area contributed by atoms with E-state index in [9.17, 15) is 9.90 Å². The van der Waals surface area contributed by atoms with Crippen molar-refractivity contribution >= 4 is 5.91 Å². The van der Waals surface area contributed by atoms with E-state index in [-0.39, 0.29) is 18.4 Å². The summed E-state index contributed by atoms with van der Waals surface area (Å²) in [6, 6.07) is 3.45. The van der Waals surface area contributed by atoms with Crippen molar-refractivity contribution in [1.29, 1.82) is 0 Å². The van der Waals surface area contributed by atoms with Crippen LogP contribution in [0.25, 0.3) is 0 Å². The Morgan fingerprint density at radius 3 is 2.83 bits per heavy atom. The molecule has 2 fully saturated rings. The van der Waals surface area contributed by atoms with Crippen molar-refractivity contribution in [2.75, 3.05) is 59.5 Å². The number of likely N-dealkylation sites (N-methyl/N-ethyl adjacent to an activating group) is 1. The summed E-state index contributed by atoms with van der Waals surface area (Å²) < 4.78 is 5.26. The smallest absolute Gasteiger partial charge is 0.289 e. The number of carbonyl (C=O) groups excluding carboxylic acids is 1. The van der Waals surface area contributed by atoms with Crippen LogP contribution in [0, 0.1) is 11.8 Å². The number of carbonyl (C=O) groups is 1. The average Bonchev–Trinajstić information content (AvgIpc) is 3.05. The van der Waals surface area contributed by atoms with E-state index in [1.54, 1.807) is 12.1 Å². The van der Waals surface area contributed by atoms with Crippen molar-refractivity contribution in [1.82, 2.24) is 14.7 Å². The molecule has 3 rings (SSSR count). The number of hydrogen-bond acceptors (Lipinski definition) is 5. The van der Waals surface area contributed by atoms with E-state index < -0.39 is 0 Å². The van der Waals surface area contributed by atoms with Crippen molar-refractivity contribution in [2.24, 2.45) is 11.8 Å². The third-order valence-corrected chi connectivity index (χ3v) is 5.23. The molecule has 1 amide bonds. The molecule has 0 bridgehead atoms. The van der Waals surface area contributed by atoms with Gasteiger partial charge in [0.1, 0.15) is 0 Å². The first kappa shape index (κ1) is 17.5. The van der Waals surface area contributed by atoms with E-state index in [4.69, 9.17) is 4.42 Å². The lowest BCUT2D eigenvalue weighted by atomic mass is 9.89. The van der Waals surface area contributed by atoms with Crippen LogP contribution in [0.3, 0.4) is 0 Å². The molecule has 134 valence electrons. The number of rotatable bonds is 4. The molecular formula is C18H29N3O3. The summed E-state index contributed by atoms with van der Waals surface area (Å²) in [7, 11) is 2.18. The minimum Gasteiger partial charge on any atom is -0.459 e. The number of piperidine rings is 1. The van der Waals surface area contributed by atoms with E-state index in [2.05, 4.69) is 16.8 Å². The predicted molar refractivity (Wildman–Crippen MR) is 91.8 cm³/mol. The molecule has 6 heteroatoms. The van der Waals surface area contributed by atoms with E-state index in [0.717, 1.165) is 45.7 Å². The summed E-state index contributed by atoms with van der Waals surface area (Å²) in [6.45, 7) is 6.99. The first-order chi connectivity index (χ1) is 11.7. The third kappa shape index (κ3) is 4.37. The van der Waals surface area contributed by atoms with Crippen molar-refractivity contribution in [3.8, 4) is 0 Å². The fourth-order valence-corrected chi connectivity index (χ4v) is 3.95. The van der Waals surface area contributed by atoms with E-state index in [0.29, 0.717) is 18.2 Å². The Kier molecular flexibility index (Phi) is 5.92. The van der Waals surface area contributed by atoms with Crippen molar-refractivity contribution in [3.63, 3.8) is 0 Å². The molecule has 0 unspecified atom stereocenters. The molecule has 0 spiro atoms. The molecule has 2 saturated heterocycles. The summed E-state index contributed by atoms with van der Waals surface area (Å²) >= 11 is 0. The molecule has 0 radical (unpaired) electrons. The summed E-state index contributed by atoms with van der Waals surface area (Å²) in [5.74, 6) is 0.915. The molecule has 0 saturated carbocycles. The number of amides is 1. The summed E-state index contributed by atoms with van der Waals surface area (Å²) in [5, 5.41) is 9.64. The zero-order valence-corrected chi connectivity index (χ0v) is 14.6. The lowest BCUT2D eigenvalue weighted by Crippen LogP contribution is -2.48. The van der Waals surface area contributed by atoms with Crippen LogP contribution >= 0.6 is 0 Å². The lowest BCUT2D eigenvalue weighted by molar-refractivity contribution is 0.0428. The average molecular weight is 335 g/mol. The van der Waals surface area contributed by atoms with Crippen LogP contribution in [0.5, 0.6) is 0 Å². The molecule has 0 aliphatic carbocycles. The minimum absolute atomic E-state index is 0.0567. The fraction of sp³-hybridized carbons (Fsp3) is 0.722. The highest BCUT2D eigenvalue weighted by atomic mass is 16.3. The Labute approximate surface area is 144 Å². The van der Waals surface area contributed by atoms with E-state index >= 15 is 0 Å². The maximum absolute atomic E-state index is 12.6. The molecule has 1 N–H and O–H groups in total.